The molecule has 0 aliphatic carbocycles. The summed E-state index contributed by atoms with van der Waals surface area (Å²) in [6.45, 7) is 8.65. The summed E-state index contributed by atoms with van der Waals surface area (Å²) in [6.07, 6.45) is 4.43. The summed E-state index contributed by atoms with van der Waals surface area (Å²) in [6, 6.07) is 26.7. The molecule has 5 rings (SSSR count). The fraction of sp³-hybridized carbons (Fsp3) is 0.226. The van der Waals surface area contributed by atoms with Gasteiger partial charge in [0, 0.05) is 10.9 Å². The summed E-state index contributed by atoms with van der Waals surface area (Å²) in [4.78, 5) is 22.1. The Hall–Kier alpha value is -3.76. The number of amides is 1. The maximum absolute atomic E-state index is 13.7. The Balaban J connectivity index is 1.33. The summed E-state index contributed by atoms with van der Waals surface area (Å²) < 4.78 is 0. The summed E-state index contributed by atoms with van der Waals surface area (Å²) in [5, 5.41) is 0.922. The molecule has 1 fully saturated rings. The van der Waals surface area contributed by atoms with E-state index in [1.807, 2.05) is 41.3 Å². The van der Waals surface area contributed by atoms with E-state index in [1.54, 1.807) is 0 Å². The molecule has 4 nitrogen and oxygen atoms in total. The Morgan fingerprint density at radius 3 is 2.43 bits per heavy atom. The van der Waals surface area contributed by atoms with E-state index >= 15 is 0 Å². The number of rotatable bonds is 5. The highest BCUT2D eigenvalue weighted by Crippen LogP contribution is 2.27. The van der Waals surface area contributed by atoms with Gasteiger partial charge in [0.05, 0.1) is 49.5 Å². The van der Waals surface area contributed by atoms with Crippen LogP contribution in [0.15, 0.2) is 84.9 Å². The second kappa shape index (κ2) is 10.2. The molecule has 2 heterocycles. The molecule has 0 bridgehead atoms. The van der Waals surface area contributed by atoms with Crippen LogP contribution in [0.2, 0.25) is 0 Å². The molecular weight excluding hydrogens is 430 g/mol. The Morgan fingerprint density at radius 1 is 0.914 bits per heavy atom. The van der Waals surface area contributed by atoms with Crippen molar-refractivity contribution in [2.45, 2.75) is 13.8 Å². The van der Waals surface area contributed by atoms with Crippen LogP contribution in [-0.2, 0) is 0 Å². The van der Waals surface area contributed by atoms with E-state index in [2.05, 4.69) is 68.5 Å². The van der Waals surface area contributed by atoms with Gasteiger partial charge in [-0.15, -0.1) is 0 Å². The van der Waals surface area contributed by atoms with Crippen LogP contribution in [0.3, 0.4) is 0 Å². The van der Waals surface area contributed by atoms with Crippen LogP contribution in [0.4, 0.5) is 0 Å². The number of piperazine rings is 1. The quantitative estimate of drug-likeness (QED) is 0.472. The maximum atomic E-state index is 13.7. The largest absolute Gasteiger partial charge is 0.329 e. The second-order valence-electron chi connectivity index (χ2n) is 9.43. The predicted octanol–water partition coefficient (Wildman–Crippen LogP) is 4.57. The topological polar surface area (TPSA) is 37.6 Å². The van der Waals surface area contributed by atoms with E-state index in [9.17, 15) is 4.79 Å². The first-order valence-corrected chi connectivity index (χ1v) is 12.4. The lowest BCUT2D eigenvalue weighted by atomic mass is 10.00. The average Bonchev–Trinajstić information content (AvgIpc) is 2.90. The normalized spacial score (nSPS) is 14.6. The Labute approximate surface area is 207 Å². The summed E-state index contributed by atoms with van der Waals surface area (Å²) in [5.41, 5.74) is 7.22. The van der Waals surface area contributed by atoms with Crippen LogP contribution in [-0.4, -0.2) is 48.5 Å². The van der Waals surface area contributed by atoms with Crippen molar-refractivity contribution >= 4 is 22.9 Å². The highest BCUT2D eigenvalue weighted by Gasteiger charge is 2.25. The minimum Gasteiger partial charge on any atom is -0.329 e. The molecule has 0 spiro atoms. The molecule has 4 heteroatoms. The van der Waals surface area contributed by atoms with Gasteiger partial charge in [0.25, 0.3) is 5.91 Å². The monoisotopic (exact) mass is 462 g/mol. The summed E-state index contributed by atoms with van der Waals surface area (Å²) in [5.74, 6) is 0.104. The zero-order chi connectivity index (χ0) is 24.2. The first-order valence-electron chi connectivity index (χ1n) is 12.4. The number of carbonyl (C=O) groups excluding carboxylic acids is 1. The number of nitrogens with zero attached hydrogens (tertiary/aromatic N) is 2. The first-order chi connectivity index (χ1) is 17.1. The van der Waals surface area contributed by atoms with Gasteiger partial charge < -0.3 is 9.80 Å². The SMILES string of the molecule is Cc1ccc(-c2cc(C(=O)N3CC[NH+](C/C=C/c4ccccc4)CC3)c3ccccc3n2)cc1C. The third-order valence-electron chi connectivity index (χ3n) is 7.02. The highest BCUT2D eigenvalue weighted by molar-refractivity contribution is 6.07. The molecule has 0 radical (unpaired) electrons. The van der Waals surface area contributed by atoms with Gasteiger partial charge in [-0.1, -0.05) is 66.7 Å². The van der Waals surface area contributed by atoms with E-state index in [-0.39, 0.29) is 5.91 Å². The lowest BCUT2D eigenvalue weighted by Crippen LogP contribution is -3.14. The number of benzene rings is 3. The lowest BCUT2D eigenvalue weighted by molar-refractivity contribution is -0.898. The molecule has 0 saturated carbocycles. The molecule has 35 heavy (non-hydrogen) atoms. The van der Waals surface area contributed by atoms with Crippen LogP contribution in [0, 0.1) is 13.8 Å². The molecule has 1 saturated heterocycles. The number of quaternary nitrogens is 1. The number of aryl methyl sites for hydroxylation is 2. The van der Waals surface area contributed by atoms with E-state index in [4.69, 9.17) is 4.98 Å². The van der Waals surface area contributed by atoms with Gasteiger partial charge in [-0.25, -0.2) is 4.98 Å². The molecular formula is C31H32N3O+. The fourth-order valence-electron chi connectivity index (χ4n) is 4.73. The predicted molar refractivity (Wildman–Crippen MR) is 144 cm³/mol. The van der Waals surface area contributed by atoms with Gasteiger partial charge in [-0.05, 0) is 54.8 Å². The molecule has 1 N–H and O–H groups in total. The molecule has 3 aromatic carbocycles. The number of hydrogen-bond donors (Lipinski definition) is 1. The smallest absolute Gasteiger partial charge is 0.255 e. The Bertz CT molecular complexity index is 1370. The zero-order valence-corrected chi connectivity index (χ0v) is 20.5. The van der Waals surface area contributed by atoms with Crippen molar-refractivity contribution in [3.8, 4) is 11.3 Å². The van der Waals surface area contributed by atoms with E-state index in [0.29, 0.717) is 0 Å². The maximum Gasteiger partial charge on any atom is 0.255 e. The number of hydrogen-bond acceptors (Lipinski definition) is 2. The van der Waals surface area contributed by atoms with Crippen molar-refractivity contribution in [1.29, 1.82) is 0 Å². The summed E-state index contributed by atoms with van der Waals surface area (Å²) in [7, 11) is 0. The van der Waals surface area contributed by atoms with Gasteiger partial charge in [0.2, 0.25) is 0 Å². The minimum absolute atomic E-state index is 0.104. The molecule has 4 aromatic rings. The number of carbonyl (C=O) groups is 1. The second-order valence-corrected chi connectivity index (χ2v) is 9.43. The van der Waals surface area contributed by atoms with Crippen molar-refractivity contribution in [2.75, 3.05) is 32.7 Å². The van der Waals surface area contributed by atoms with Crippen LogP contribution in [0.25, 0.3) is 28.2 Å². The van der Waals surface area contributed by atoms with Gasteiger partial charge in [0.1, 0.15) is 0 Å². The van der Waals surface area contributed by atoms with Crippen LogP contribution in [0.5, 0.6) is 0 Å². The van der Waals surface area contributed by atoms with Gasteiger partial charge in [-0.3, -0.25) is 4.79 Å². The molecule has 1 amide bonds. The molecule has 0 unspecified atom stereocenters. The van der Waals surface area contributed by atoms with Gasteiger partial charge in [0.15, 0.2) is 0 Å². The zero-order valence-electron chi connectivity index (χ0n) is 20.5. The molecule has 176 valence electrons. The molecule has 1 aliphatic heterocycles. The van der Waals surface area contributed by atoms with E-state index in [0.717, 1.165) is 60.4 Å². The first kappa shape index (κ1) is 23.0. The van der Waals surface area contributed by atoms with Crippen molar-refractivity contribution in [3.63, 3.8) is 0 Å². The summed E-state index contributed by atoms with van der Waals surface area (Å²) >= 11 is 0. The van der Waals surface area contributed by atoms with Crippen LogP contribution < -0.4 is 4.90 Å². The number of pyridine rings is 1. The fourth-order valence-corrected chi connectivity index (χ4v) is 4.73. The van der Waals surface area contributed by atoms with Crippen molar-refractivity contribution in [2.24, 2.45) is 0 Å². The Kier molecular flexibility index (Phi) is 6.73. The number of nitrogens with one attached hydrogen (secondary N) is 1. The lowest BCUT2D eigenvalue weighted by Gasteiger charge is -2.32. The molecule has 0 atom stereocenters. The standard InChI is InChI=1S/C31H31N3O/c1-23-14-15-26(21-24(23)2)30-22-28(27-12-6-7-13-29(27)32-30)31(35)34-19-17-33(18-20-34)16-8-11-25-9-4-3-5-10-25/h3-15,21-22H,16-20H2,1-2H3/p+1/b11-8+. The number of para-hydroxylation sites is 1. The molecule has 1 aliphatic rings. The van der Waals surface area contributed by atoms with Crippen molar-refractivity contribution < 1.29 is 9.69 Å². The van der Waals surface area contributed by atoms with Gasteiger partial charge >= 0.3 is 0 Å². The minimum atomic E-state index is 0.104. The van der Waals surface area contributed by atoms with Crippen molar-refractivity contribution in [1.82, 2.24) is 9.88 Å². The third-order valence-corrected chi connectivity index (χ3v) is 7.02. The van der Waals surface area contributed by atoms with E-state index in [1.165, 1.54) is 21.6 Å². The Morgan fingerprint density at radius 2 is 1.66 bits per heavy atom. The molecule has 1 aromatic heterocycles. The van der Waals surface area contributed by atoms with Crippen LogP contribution in [0.1, 0.15) is 27.0 Å². The third kappa shape index (κ3) is 5.18. The number of fused-ring (bicyclic) bond motifs is 1. The van der Waals surface area contributed by atoms with Gasteiger partial charge in [-0.2, -0.15) is 0 Å². The number of aromatic nitrogens is 1. The highest BCUT2D eigenvalue weighted by atomic mass is 16.2. The average molecular weight is 463 g/mol. The van der Waals surface area contributed by atoms with E-state index < -0.39 is 0 Å². The van der Waals surface area contributed by atoms with Crippen molar-refractivity contribution in [3.05, 3.63) is 107 Å². The van der Waals surface area contributed by atoms with Crippen LogP contribution >= 0.6 is 0 Å².